The summed E-state index contributed by atoms with van der Waals surface area (Å²) in [6, 6.07) is 9.36. The third-order valence-electron chi connectivity index (χ3n) is 6.53. The number of hydrogen-bond acceptors (Lipinski definition) is 4. The van der Waals surface area contributed by atoms with E-state index in [1.54, 1.807) is 0 Å². The molecule has 7 heteroatoms. The van der Waals surface area contributed by atoms with Gasteiger partial charge in [-0.05, 0) is 43.7 Å². The van der Waals surface area contributed by atoms with Crippen molar-refractivity contribution in [1.82, 2.24) is 14.7 Å². The summed E-state index contributed by atoms with van der Waals surface area (Å²) in [7, 11) is 0. The Bertz CT molecular complexity index is 755. The first-order valence-corrected chi connectivity index (χ1v) is 11.1. The third kappa shape index (κ3) is 4.94. The quantitative estimate of drug-likeness (QED) is 0.713. The summed E-state index contributed by atoms with van der Waals surface area (Å²) in [6.45, 7) is 4.37. The Morgan fingerprint density at radius 2 is 1.67 bits per heavy atom. The molecule has 162 valence electrons. The van der Waals surface area contributed by atoms with Gasteiger partial charge in [0.05, 0.1) is 5.92 Å². The van der Waals surface area contributed by atoms with Gasteiger partial charge in [0, 0.05) is 45.7 Å². The van der Waals surface area contributed by atoms with E-state index >= 15 is 0 Å². The van der Waals surface area contributed by atoms with Gasteiger partial charge >= 0.3 is 0 Å². The smallest absolute Gasteiger partial charge is 0.260 e. The molecule has 0 aliphatic carbocycles. The lowest BCUT2D eigenvalue weighted by Crippen LogP contribution is -2.43. The van der Waals surface area contributed by atoms with Crippen LogP contribution in [0.3, 0.4) is 0 Å². The molecule has 7 nitrogen and oxygen atoms in total. The van der Waals surface area contributed by atoms with Crippen molar-refractivity contribution in [2.24, 2.45) is 11.8 Å². The zero-order valence-electron chi connectivity index (χ0n) is 17.5. The van der Waals surface area contributed by atoms with Crippen molar-refractivity contribution in [2.45, 2.75) is 32.1 Å². The fraction of sp³-hybridized carbons (Fsp3) is 0.609. The maximum Gasteiger partial charge on any atom is 0.260 e. The number of ether oxygens (including phenoxy) is 1. The van der Waals surface area contributed by atoms with Gasteiger partial charge in [0.25, 0.3) is 5.91 Å². The van der Waals surface area contributed by atoms with E-state index in [9.17, 15) is 14.4 Å². The van der Waals surface area contributed by atoms with Crippen LogP contribution in [0.4, 0.5) is 0 Å². The number of para-hydroxylation sites is 1. The first-order chi connectivity index (χ1) is 14.6. The Morgan fingerprint density at radius 3 is 2.37 bits per heavy atom. The molecule has 1 atom stereocenters. The summed E-state index contributed by atoms with van der Waals surface area (Å²) in [6.07, 6.45) is 4.26. The molecule has 3 heterocycles. The first kappa shape index (κ1) is 20.7. The van der Waals surface area contributed by atoms with Gasteiger partial charge in [0.15, 0.2) is 6.61 Å². The van der Waals surface area contributed by atoms with E-state index in [1.165, 1.54) is 0 Å². The lowest BCUT2D eigenvalue weighted by molar-refractivity contribution is -0.135. The van der Waals surface area contributed by atoms with E-state index in [1.807, 2.05) is 45.0 Å². The van der Waals surface area contributed by atoms with Crippen LogP contribution in [0.25, 0.3) is 0 Å². The highest BCUT2D eigenvalue weighted by molar-refractivity contribution is 5.89. The van der Waals surface area contributed by atoms with E-state index in [0.29, 0.717) is 44.3 Å². The number of piperidine rings is 1. The lowest BCUT2D eigenvalue weighted by atomic mass is 9.96. The van der Waals surface area contributed by atoms with Crippen LogP contribution in [-0.2, 0) is 14.4 Å². The summed E-state index contributed by atoms with van der Waals surface area (Å²) in [4.78, 5) is 43.1. The third-order valence-corrected chi connectivity index (χ3v) is 6.53. The first-order valence-electron chi connectivity index (χ1n) is 11.1. The van der Waals surface area contributed by atoms with Crippen molar-refractivity contribution >= 4 is 17.7 Å². The minimum Gasteiger partial charge on any atom is -0.484 e. The number of amides is 3. The fourth-order valence-electron chi connectivity index (χ4n) is 4.74. The Labute approximate surface area is 177 Å². The molecule has 3 amide bonds. The molecule has 0 N–H and O–H groups in total. The molecule has 3 fully saturated rings. The summed E-state index contributed by atoms with van der Waals surface area (Å²) in [5.74, 6) is 1.17. The average Bonchev–Trinajstić information content (AvgIpc) is 3.43. The van der Waals surface area contributed by atoms with Crippen molar-refractivity contribution in [3.05, 3.63) is 30.3 Å². The van der Waals surface area contributed by atoms with Gasteiger partial charge in [0.2, 0.25) is 11.8 Å². The molecule has 0 saturated carbocycles. The van der Waals surface area contributed by atoms with Crippen LogP contribution in [0.2, 0.25) is 0 Å². The maximum absolute atomic E-state index is 12.6. The molecule has 1 aromatic carbocycles. The van der Waals surface area contributed by atoms with Crippen molar-refractivity contribution in [3.63, 3.8) is 0 Å². The Hall–Kier alpha value is -2.57. The summed E-state index contributed by atoms with van der Waals surface area (Å²) >= 11 is 0. The van der Waals surface area contributed by atoms with E-state index in [2.05, 4.69) is 0 Å². The van der Waals surface area contributed by atoms with Gasteiger partial charge in [-0.1, -0.05) is 18.2 Å². The molecule has 0 spiro atoms. The van der Waals surface area contributed by atoms with E-state index in [4.69, 9.17) is 4.74 Å². The molecular weight excluding hydrogens is 382 g/mol. The van der Waals surface area contributed by atoms with Crippen molar-refractivity contribution in [1.29, 1.82) is 0 Å². The minimum absolute atomic E-state index is 0.00539. The van der Waals surface area contributed by atoms with Crippen LogP contribution in [0.1, 0.15) is 32.1 Å². The summed E-state index contributed by atoms with van der Waals surface area (Å²) in [5, 5.41) is 0. The Balaban J connectivity index is 1.19. The van der Waals surface area contributed by atoms with Crippen molar-refractivity contribution in [3.8, 4) is 5.75 Å². The fourth-order valence-corrected chi connectivity index (χ4v) is 4.74. The molecule has 3 saturated heterocycles. The Morgan fingerprint density at radius 1 is 0.967 bits per heavy atom. The predicted molar refractivity (Wildman–Crippen MR) is 112 cm³/mol. The van der Waals surface area contributed by atoms with E-state index in [-0.39, 0.29) is 30.2 Å². The second-order valence-corrected chi connectivity index (χ2v) is 8.66. The highest BCUT2D eigenvalue weighted by atomic mass is 16.5. The average molecular weight is 414 g/mol. The highest BCUT2D eigenvalue weighted by Crippen LogP contribution is 2.26. The number of carbonyl (C=O) groups excluding carboxylic acids is 3. The van der Waals surface area contributed by atoms with Crippen LogP contribution in [0.15, 0.2) is 30.3 Å². The van der Waals surface area contributed by atoms with Gasteiger partial charge in [-0.3, -0.25) is 14.4 Å². The van der Waals surface area contributed by atoms with Gasteiger partial charge in [-0.25, -0.2) is 0 Å². The number of rotatable bonds is 6. The topological polar surface area (TPSA) is 70.2 Å². The maximum atomic E-state index is 12.6. The van der Waals surface area contributed by atoms with Gasteiger partial charge in [-0.2, -0.15) is 0 Å². The molecule has 0 aromatic heterocycles. The van der Waals surface area contributed by atoms with Crippen molar-refractivity contribution < 1.29 is 19.1 Å². The monoisotopic (exact) mass is 413 g/mol. The number of carbonyl (C=O) groups is 3. The zero-order valence-corrected chi connectivity index (χ0v) is 17.5. The SMILES string of the molecule is O=C(COc1ccccc1)N1CCC(CN2CC(C(=O)N3CCCC3)CC2=O)CC1. The second kappa shape index (κ2) is 9.49. The van der Waals surface area contributed by atoms with Crippen LogP contribution >= 0.6 is 0 Å². The zero-order chi connectivity index (χ0) is 20.9. The van der Waals surface area contributed by atoms with Crippen LogP contribution in [0, 0.1) is 11.8 Å². The molecule has 3 aliphatic rings. The number of likely N-dealkylation sites (tertiary alicyclic amines) is 3. The molecule has 30 heavy (non-hydrogen) atoms. The van der Waals surface area contributed by atoms with Crippen LogP contribution < -0.4 is 4.74 Å². The van der Waals surface area contributed by atoms with Crippen LogP contribution in [0.5, 0.6) is 5.75 Å². The van der Waals surface area contributed by atoms with E-state index in [0.717, 1.165) is 38.8 Å². The van der Waals surface area contributed by atoms with Gasteiger partial charge in [-0.15, -0.1) is 0 Å². The largest absolute Gasteiger partial charge is 0.484 e. The normalized spacial score (nSPS) is 22.6. The number of hydrogen-bond donors (Lipinski definition) is 0. The number of nitrogens with zero attached hydrogens (tertiary/aromatic N) is 3. The summed E-state index contributed by atoms with van der Waals surface area (Å²) < 4.78 is 5.57. The number of benzene rings is 1. The highest BCUT2D eigenvalue weighted by Gasteiger charge is 2.38. The minimum atomic E-state index is -0.174. The standard InChI is InChI=1S/C23H31N3O4/c27-21-14-19(23(29)25-10-4-5-11-25)16-26(21)15-18-8-12-24(13-9-18)22(28)17-30-20-6-2-1-3-7-20/h1-3,6-7,18-19H,4-5,8-17H2. The van der Waals surface area contributed by atoms with Crippen LogP contribution in [-0.4, -0.2) is 78.3 Å². The summed E-state index contributed by atoms with van der Waals surface area (Å²) in [5.41, 5.74) is 0. The molecule has 4 rings (SSSR count). The lowest BCUT2D eigenvalue weighted by Gasteiger charge is -2.34. The Kier molecular flexibility index (Phi) is 6.55. The second-order valence-electron chi connectivity index (χ2n) is 8.66. The predicted octanol–water partition coefficient (Wildman–Crippen LogP) is 1.77. The van der Waals surface area contributed by atoms with Crippen molar-refractivity contribution in [2.75, 3.05) is 45.9 Å². The molecule has 1 unspecified atom stereocenters. The molecule has 0 bridgehead atoms. The van der Waals surface area contributed by atoms with E-state index < -0.39 is 0 Å². The molecule has 0 radical (unpaired) electrons. The van der Waals surface area contributed by atoms with Gasteiger partial charge in [0.1, 0.15) is 5.75 Å². The molecular formula is C23H31N3O4. The molecule has 1 aromatic rings. The molecule has 3 aliphatic heterocycles. The van der Waals surface area contributed by atoms with Gasteiger partial charge < -0.3 is 19.4 Å².